The van der Waals surface area contributed by atoms with Crippen LogP contribution in [-0.4, -0.2) is 44.4 Å². The van der Waals surface area contributed by atoms with Crippen LogP contribution in [0.25, 0.3) is 0 Å². The van der Waals surface area contributed by atoms with Crippen LogP contribution in [0.3, 0.4) is 0 Å². The molecule has 1 amide bonds. The minimum atomic E-state index is -0.402. The van der Waals surface area contributed by atoms with Crippen molar-refractivity contribution >= 4 is 5.91 Å². The second-order valence-electron chi connectivity index (χ2n) is 5.53. The number of rotatable bonds is 5. The van der Waals surface area contributed by atoms with Crippen LogP contribution in [0.1, 0.15) is 18.4 Å². The fourth-order valence-corrected chi connectivity index (χ4v) is 2.80. The number of carbonyl (C=O) groups excluding carboxylic acids is 1. The van der Waals surface area contributed by atoms with Crippen molar-refractivity contribution in [1.29, 1.82) is 0 Å². The molecule has 5 nitrogen and oxygen atoms in total. The van der Waals surface area contributed by atoms with Crippen LogP contribution in [0.4, 0.5) is 0 Å². The van der Waals surface area contributed by atoms with E-state index in [9.17, 15) is 4.79 Å². The van der Waals surface area contributed by atoms with Crippen molar-refractivity contribution in [2.75, 3.05) is 26.2 Å². The van der Waals surface area contributed by atoms with Crippen LogP contribution in [0.2, 0.25) is 0 Å². The van der Waals surface area contributed by atoms with E-state index in [0.29, 0.717) is 25.7 Å². The van der Waals surface area contributed by atoms with Gasteiger partial charge in [0.15, 0.2) is 6.10 Å². The first-order chi connectivity index (χ1) is 10.3. The van der Waals surface area contributed by atoms with Crippen molar-refractivity contribution in [3.05, 3.63) is 29.8 Å². The lowest BCUT2D eigenvalue weighted by atomic mass is 10.1. The second kappa shape index (κ2) is 6.91. The number of benzene rings is 1. The Hall–Kier alpha value is -1.59. The minimum Gasteiger partial charge on any atom is -0.480 e. The number of piperidine rings is 1. The normalized spacial score (nSPS) is 21.6. The maximum absolute atomic E-state index is 12.1. The summed E-state index contributed by atoms with van der Waals surface area (Å²) >= 11 is 0. The Morgan fingerprint density at radius 1 is 1.33 bits per heavy atom. The van der Waals surface area contributed by atoms with Gasteiger partial charge in [0.1, 0.15) is 5.75 Å². The molecule has 114 valence electrons. The molecule has 3 rings (SSSR count). The van der Waals surface area contributed by atoms with Gasteiger partial charge in [-0.15, -0.1) is 0 Å². The van der Waals surface area contributed by atoms with Crippen LogP contribution in [-0.2, 0) is 16.0 Å². The first-order valence-corrected chi connectivity index (χ1v) is 7.67. The monoisotopic (exact) mass is 290 g/mol. The molecule has 1 fully saturated rings. The highest BCUT2D eigenvalue weighted by Crippen LogP contribution is 2.27. The summed E-state index contributed by atoms with van der Waals surface area (Å²) in [6, 6.07) is 7.80. The molecule has 1 aromatic carbocycles. The van der Waals surface area contributed by atoms with E-state index < -0.39 is 6.10 Å². The van der Waals surface area contributed by atoms with Gasteiger partial charge in [-0.2, -0.15) is 0 Å². The van der Waals surface area contributed by atoms with E-state index in [1.54, 1.807) is 0 Å². The molecular formula is C16H22N2O3. The van der Waals surface area contributed by atoms with E-state index in [1.165, 1.54) is 0 Å². The highest BCUT2D eigenvalue weighted by Gasteiger charge is 2.28. The van der Waals surface area contributed by atoms with Gasteiger partial charge >= 0.3 is 0 Å². The number of carbonyl (C=O) groups is 1. The molecule has 2 N–H and O–H groups in total. The van der Waals surface area contributed by atoms with Gasteiger partial charge in [0.2, 0.25) is 0 Å². The molecule has 1 aromatic rings. The second-order valence-corrected chi connectivity index (χ2v) is 5.53. The molecule has 0 bridgehead atoms. The van der Waals surface area contributed by atoms with Gasteiger partial charge in [0, 0.05) is 13.0 Å². The van der Waals surface area contributed by atoms with Crippen molar-refractivity contribution in [2.24, 2.45) is 0 Å². The zero-order chi connectivity index (χ0) is 14.5. The quantitative estimate of drug-likeness (QED) is 0.790. The molecule has 5 heteroatoms. The Bertz CT molecular complexity index is 461. The van der Waals surface area contributed by atoms with E-state index >= 15 is 0 Å². The molecule has 1 atom stereocenters. The number of hydrogen-bond acceptors (Lipinski definition) is 4. The first-order valence-electron chi connectivity index (χ1n) is 7.67. The molecule has 0 saturated carbocycles. The molecule has 0 aliphatic carbocycles. The van der Waals surface area contributed by atoms with Gasteiger partial charge < -0.3 is 20.1 Å². The van der Waals surface area contributed by atoms with Crippen molar-refractivity contribution in [2.45, 2.75) is 31.5 Å². The van der Waals surface area contributed by atoms with Crippen molar-refractivity contribution < 1.29 is 14.3 Å². The van der Waals surface area contributed by atoms with E-state index in [0.717, 1.165) is 37.2 Å². The van der Waals surface area contributed by atoms with E-state index in [-0.39, 0.29) is 5.91 Å². The molecular weight excluding hydrogens is 268 g/mol. The van der Waals surface area contributed by atoms with E-state index in [2.05, 4.69) is 10.6 Å². The molecule has 2 aliphatic rings. The summed E-state index contributed by atoms with van der Waals surface area (Å²) in [4.78, 5) is 12.1. The Morgan fingerprint density at radius 2 is 2.14 bits per heavy atom. The molecule has 1 unspecified atom stereocenters. The van der Waals surface area contributed by atoms with Gasteiger partial charge in [-0.3, -0.25) is 4.79 Å². The lowest BCUT2D eigenvalue weighted by Gasteiger charge is -2.23. The number of amides is 1. The van der Waals surface area contributed by atoms with Crippen LogP contribution in [0.5, 0.6) is 5.75 Å². The maximum atomic E-state index is 12.1. The fraction of sp³-hybridized carbons (Fsp3) is 0.562. The summed E-state index contributed by atoms with van der Waals surface area (Å²) in [6.07, 6.45) is 2.68. The predicted molar refractivity (Wildman–Crippen MR) is 79.4 cm³/mol. The maximum Gasteiger partial charge on any atom is 0.261 e. The fourth-order valence-electron chi connectivity index (χ4n) is 2.80. The Labute approximate surface area is 125 Å². The smallest absolute Gasteiger partial charge is 0.261 e. The SMILES string of the molecule is O=C(NCCOC1CCNCC1)C1Cc2ccccc2O1. The van der Waals surface area contributed by atoms with Crippen molar-refractivity contribution in [3.8, 4) is 5.75 Å². The standard InChI is InChI=1S/C16H22N2O3/c19-16(15-11-12-3-1-2-4-14(12)21-15)18-9-10-20-13-5-7-17-8-6-13/h1-4,13,15,17H,5-11H2,(H,18,19). The summed E-state index contributed by atoms with van der Waals surface area (Å²) in [5.74, 6) is 0.767. The highest BCUT2D eigenvalue weighted by atomic mass is 16.5. The molecule has 0 spiro atoms. The molecule has 2 aliphatic heterocycles. The lowest BCUT2D eigenvalue weighted by molar-refractivity contribution is -0.127. The number of nitrogens with one attached hydrogen (secondary N) is 2. The Balaban J connectivity index is 1.36. The third-order valence-corrected chi connectivity index (χ3v) is 3.98. The molecule has 2 heterocycles. The summed E-state index contributed by atoms with van der Waals surface area (Å²) < 4.78 is 11.4. The Kier molecular flexibility index (Phi) is 4.72. The van der Waals surface area contributed by atoms with E-state index in [4.69, 9.17) is 9.47 Å². The van der Waals surface area contributed by atoms with Gasteiger partial charge in [0.25, 0.3) is 5.91 Å². The molecule has 21 heavy (non-hydrogen) atoms. The zero-order valence-electron chi connectivity index (χ0n) is 12.1. The predicted octanol–water partition coefficient (Wildman–Crippen LogP) is 0.875. The zero-order valence-corrected chi connectivity index (χ0v) is 12.1. The third kappa shape index (κ3) is 3.74. The van der Waals surface area contributed by atoms with E-state index in [1.807, 2.05) is 24.3 Å². The largest absolute Gasteiger partial charge is 0.480 e. The van der Waals surface area contributed by atoms with Crippen LogP contribution in [0.15, 0.2) is 24.3 Å². The van der Waals surface area contributed by atoms with Crippen LogP contribution < -0.4 is 15.4 Å². The van der Waals surface area contributed by atoms with Crippen LogP contribution in [0, 0.1) is 0 Å². The first kappa shape index (κ1) is 14.4. The third-order valence-electron chi connectivity index (χ3n) is 3.98. The lowest BCUT2D eigenvalue weighted by Crippen LogP contribution is -2.40. The van der Waals surface area contributed by atoms with Crippen molar-refractivity contribution in [1.82, 2.24) is 10.6 Å². The summed E-state index contributed by atoms with van der Waals surface area (Å²) in [6.45, 7) is 3.14. The average Bonchev–Trinajstić information content (AvgIpc) is 2.96. The van der Waals surface area contributed by atoms with Crippen LogP contribution >= 0.6 is 0 Å². The summed E-state index contributed by atoms with van der Waals surface area (Å²) in [5, 5.41) is 6.20. The van der Waals surface area contributed by atoms with Gasteiger partial charge in [-0.25, -0.2) is 0 Å². The van der Waals surface area contributed by atoms with Gasteiger partial charge in [0.05, 0.1) is 12.7 Å². The van der Waals surface area contributed by atoms with Crippen molar-refractivity contribution in [3.63, 3.8) is 0 Å². The molecule has 0 aromatic heterocycles. The summed E-state index contributed by atoms with van der Waals surface area (Å²) in [5.41, 5.74) is 1.10. The summed E-state index contributed by atoms with van der Waals surface area (Å²) in [7, 11) is 0. The van der Waals surface area contributed by atoms with Gasteiger partial charge in [-0.1, -0.05) is 18.2 Å². The minimum absolute atomic E-state index is 0.0555. The molecule has 1 saturated heterocycles. The number of ether oxygens (including phenoxy) is 2. The Morgan fingerprint density at radius 3 is 2.95 bits per heavy atom. The highest BCUT2D eigenvalue weighted by molar-refractivity contribution is 5.82. The van der Waals surface area contributed by atoms with Gasteiger partial charge in [-0.05, 0) is 37.6 Å². The average molecular weight is 290 g/mol. The number of fused-ring (bicyclic) bond motifs is 1. The molecule has 0 radical (unpaired) electrons. The number of hydrogen-bond donors (Lipinski definition) is 2. The topological polar surface area (TPSA) is 59.6 Å². The number of para-hydroxylation sites is 1.